The van der Waals surface area contributed by atoms with Gasteiger partial charge in [0.05, 0.1) is 6.61 Å². The second kappa shape index (κ2) is 4.53. The molecule has 0 fully saturated rings. The van der Waals surface area contributed by atoms with Gasteiger partial charge in [0, 0.05) is 12.8 Å². The van der Waals surface area contributed by atoms with E-state index in [1.807, 2.05) is 19.2 Å². The van der Waals surface area contributed by atoms with Gasteiger partial charge in [0.1, 0.15) is 23.3 Å². The summed E-state index contributed by atoms with van der Waals surface area (Å²) < 4.78 is 11.3. The topological polar surface area (TPSA) is 34.4 Å². The number of hydrogen-bond donors (Lipinski definition) is 1. The third-order valence-electron chi connectivity index (χ3n) is 2.62. The van der Waals surface area contributed by atoms with Crippen molar-refractivity contribution in [2.24, 2.45) is 0 Å². The zero-order valence-electron chi connectivity index (χ0n) is 9.25. The second-order valence-corrected chi connectivity index (χ2v) is 3.62. The summed E-state index contributed by atoms with van der Waals surface area (Å²) in [5.74, 6) is 2.93. The molecule has 1 aromatic heterocycles. The Morgan fingerprint density at radius 3 is 2.87 bits per heavy atom. The lowest BCUT2D eigenvalue weighted by Gasteiger charge is -2.14. The van der Waals surface area contributed by atoms with Crippen molar-refractivity contribution >= 4 is 0 Å². The molecule has 1 unspecified atom stereocenters. The number of aryl methyl sites for hydroxylation is 1. The van der Waals surface area contributed by atoms with Gasteiger partial charge in [-0.1, -0.05) is 6.92 Å². The number of nitrogens with one attached hydrogen (secondary N) is 1. The predicted molar refractivity (Wildman–Crippen MR) is 58.5 cm³/mol. The number of ether oxygens (including phenoxy) is 1. The number of hydrogen-bond acceptors (Lipinski definition) is 3. The molecule has 82 valence electrons. The van der Waals surface area contributed by atoms with Gasteiger partial charge in [0.2, 0.25) is 0 Å². The highest BCUT2D eigenvalue weighted by Crippen LogP contribution is 2.27. The summed E-state index contributed by atoms with van der Waals surface area (Å²) in [7, 11) is 1.92. The highest BCUT2D eigenvalue weighted by atomic mass is 16.5. The molecule has 1 aliphatic rings. The number of rotatable bonds is 4. The zero-order chi connectivity index (χ0) is 10.7. The molecule has 1 aliphatic heterocycles. The van der Waals surface area contributed by atoms with Crippen LogP contribution in [0.2, 0.25) is 0 Å². The molecule has 1 N–H and O–H groups in total. The van der Waals surface area contributed by atoms with Crippen LogP contribution in [0.15, 0.2) is 28.4 Å². The summed E-state index contributed by atoms with van der Waals surface area (Å²) in [6.07, 6.45) is 4.04. The molecule has 0 amide bonds. The van der Waals surface area contributed by atoms with Crippen LogP contribution < -0.4 is 5.32 Å². The first kappa shape index (κ1) is 10.3. The van der Waals surface area contributed by atoms with Gasteiger partial charge in [-0.3, -0.25) is 0 Å². The number of furan rings is 1. The maximum Gasteiger partial charge on any atom is 0.128 e. The maximum atomic E-state index is 5.71. The molecule has 2 heterocycles. The molecular weight excluding hydrogens is 190 g/mol. The molecule has 15 heavy (non-hydrogen) atoms. The number of likely N-dealkylation sites (N-methyl/N-ethyl adjacent to an activating group) is 1. The van der Waals surface area contributed by atoms with Crippen molar-refractivity contribution in [2.45, 2.75) is 25.8 Å². The second-order valence-electron chi connectivity index (χ2n) is 3.62. The summed E-state index contributed by atoms with van der Waals surface area (Å²) in [6.45, 7) is 2.87. The van der Waals surface area contributed by atoms with E-state index in [1.165, 1.54) is 0 Å². The Hall–Kier alpha value is -1.22. The Kier molecular flexibility index (Phi) is 3.11. The van der Waals surface area contributed by atoms with Crippen LogP contribution >= 0.6 is 0 Å². The third-order valence-corrected chi connectivity index (χ3v) is 2.62. The highest BCUT2D eigenvalue weighted by Gasteiger charge is 2.21. The Labute approximate surface area is 90.1 Å². The van der Waals surface area contributed by atoms with Crippen LogP contribution in [-0.2, 0) is 11.2 Å². The van der Waals surface area contributed by atoms with E-state index in [2.05, 4.69) is 18.3 Å². The molecule has 0 spiro atoms. The van der Waals surface area contributed by atoms with Crippen LogP contribution in [0.4, 0.5) is 0 Å². The summed E-state index contributed by atoms with van der Waals surface area (Å²) in [6, 6.07) is 4.10. The van der Waals surface area contributed by atoms with Crippen LogP contribution in [0.5, 0.6) is 0 Å². The summed E-state index contributed by atoms with van der Waals surface area (Å²) in [5, 5.41) is 3.21. The molecule has 0 bridgehead atoms. The molecule has 0 aliphatic carbocycles. The minimum atomic E-state index is 0.0628. The molecule has 0 radical (unpaired) electrons. The fourth-order valence-corrected chi connectivity index (χ4v) is 1.80. The molecular formula is C12H17NO2. The normalized spacial score (nSPS) is 17.3. The van der Waals surface area contributed by atoms with Gasteiger partial charge >= 0.3 is 0 Å². The highest BCUT2D eigenvalue weighted by molar-refractivity contribution is 5.20. The lowest BCUT2D eigenvalue weighted by atomic mass is 10.2. The standard InChI is InChI=1S/C12H17NO2/c1-3-9-6-7-11(15-9)12(13-2)10-5-4-8-14-10/h5-7,12-13H,3-4,8H2,1-2H3. The minimum absolute atomic E-state index is 0.0628. The van der Waals surface area contributed by atoms with Gasteiger partial charge in [-0.25, -0.2) is 0 Å². The van der Waals surface area contributed by atoms with Crippen LogP contribution in [0.3, 0.4) is 0 Å². The van der Waals surface area contributed by atoms with Gasteiger partial charge in [0.25, 0.3) is 0 Å². The average Bonchev–Trinajstić information content (AvgIpc) is 2.89. The first-order valence-electron chi connectivity index (χ1n) is 5.44. The van der Waals surface area contributed by atoms with Gasteiger partial charge < -0.3 is 14.5 Å². The van der Waals surface area contributed by atoms with Crippen molar-refractivity contribution in [1.82, 2.24) is 5.32 Å². The lowest BCUT2D eigenvalue weighted by Crippen LogP contribution is -2.18. The van der Waals surface area contributed by atoms with Gasteiger partial charge in [0.15, 0.2) is 0 Å². The van der Waals surface area contributed by atoms with Crippen LogP contribution in [0.25, 0.3) is 0 Å². The van der Waals surface area contributed by atoms with E-state index < -0.39 is 0 Å². The van der Waals surface area contributed by atoms with Gasteiger partial charge in [-0.05, 0) is 25.3 Å². The summed E-state index contributed by atoms with van der Waals surface area (Å²) in [4.78, 5) is 0. The maximum absolute atomic E-state index is 5.71. The Balaban J connectivity index is 2.18. The van der Waals surface area contributed by atoms with Crippen molar-refractivity contribution in [1.29, 1.82) is 0 Å². The fraction of sp³-hybridized carbons (Fsp3) is 0.500. The van der Waals surface area contributed by atoms with E-state index >= 15 is 0 Å². The minimum Gasteiger partial charge on any atom is -0.496 e. The van der Waals surface area contributed by atoms with E-state index in [0.717, 1.165) is 36.7 Å². The van der Waals surface area contributed by atoms with Crippen molar-refractivity contribution in [3.8, 4) is 0 Å². The van der Waals surface area contributed by atoms with E-state index in [1.54, 1.807) is 0 Å². The molecule has 1 aromatic rings. The van der Waals surface area contributed by atoms with E-state index in [4.69, 9.17) is 9.15 Å². The molecule has 0 saturated carbocycles. The molecule has 2 rings (SSSR count). The largest absolute Gasteiger partial charge is 0.496 e. The van der Waals surface area contributed by atoms with E-state index in [-0.39, 0.29) is 6.04 Å². The van der Waals surface area contributed by atoms with Crippen molar-refractivity contribution < 1.29 is 9.15 Å². The molecule has 0 aromatic carbocycles. The quantitative estimate of drug-likeness (QED) is 0.823. The molecule has 0 saturated heterocycles. The monoisotopic (exact) mass is 207 g/mol. The van der Waals surface area contributed by atoms with Crippen LogP contribution in [0, 0.1) is 0 Å². The summed E-state index contributed by atoms with van der Waals surface area (Å²) >= 11 is 0. The lowest BCUT2D eigenvalue weighted by molar-refractivity contribution is 0.209. The Bertz CT molecular complexity index is 354. The third kappa shape index (κ3) is 2.07. The first-order valence-corrected chi connectivity index (χ1v) is 5.44. The molecule has 1 atom stereocenters. The van der Waals surface area contributed by atoms with Gasteiger partial charge in [-0.2, -0.15) is 0 Å². The van der Waals surface area contributed by atoms with Gasteiger partial charge in [-0.15, -0.1) is 0 Å². The van der Waals surface area contributed by atoms with E-state index in [9.17, 15) is 0 Å². The smallest absolute Gasteiger partial charge is 0.128 e. The van der Waals surface area contributed by atoms with Crippen molar-refractivity contribution in [2.75, 3.05) is 13.7 Å². The Morgan fingerprint density at radius 2 is 2.33 bits per heavy atom. The SMILES string of the molecule is CCc1ccc(C(NC)C2=CCCO2)o1. The zero-order valence-corrected chi connectivity index (χ0v) is 9.25. The summed E-state index contributed by atoms with van der Waals surface area (Å²) in [5.41, 5.74) is 0. The Morgan fingerprint density at radius 1 is 1.47 bits per heavy atom. The average molecular weight is 207 g/mol. The van der Waals surface area contributed by atoms with E-state index in [0.29, 0.717) is 0 Å². The predicted octanol–water partition coefficient (Wildman–Crippen LogP) is 2.41. The molecule has 3 nitrogen and oxygen atoms in total. The molecule has 3 heteroatoms. The van der Waals surface area contributed by atoms with Crippen LogP contribution in [-0.4, -0.2) is 13.7 Å². The van der Waals surface area contributed by atoms with Crippen molar-refractivity contribution in [3.63, 3.8) is 0 Å². The fourth-order valence-electron chi connectivity index (χ4n) is 1.80. The first-order chi connectivity index (χ1) is 7.35. The van der Waals surface area contributed by atoms with Crippen molar-refractivity contribution in [3.05, 3.63) is 35.5 Å². The van der Waals surface area contributed by atoms with Crippen LogP contribution in [0.1, 0.15) is 30.9 Å².